The molecule has 0 atom stereocenters. The molecule has 0 aliphatic rings. The quantitative estimate of drug-likeness (QED) is 0.662. The Morgan fingerprint density at radius 1 is 1.38 bits per heavy atom. The Balaban J connectivity index is 2.82. The Morgan fingerprint density at radius 2 is 2.15 bits per heavy atom. The van der Waals surface area contributed by atoms with E-state index in [-0.39, 0.29) is 0 Å². The summed E-state index contributed by atoms with van der Waals surface area (Å²) in [6, 6.07) is 2.04. The molecule has 3 nitrogen and oxygen atoms in total. The first-order chi connectivity index (χ1) is 6.22. The second-order valence-corrected chi connectivity index (χ2v) is 3.30. The van der Waals surface area contributed by atoms with Crippen molar-refractivity contribution in [2.75, 3.05) is 0 Å². The third-order valence-corrected chi connectivity index (χ3v) is 2.23. The van der Waals surface area contributed by atoms with E-state index in [1.165, 1.54) is 5.56 Å². The smallest absolute Gasteiger partial charge is 0.158 e. The van der Waals surface area contributed by atoms with E-state index < -0.39 is 0 Å². The summed E-state index contributed by atoms with van der Waals surface area (Å²) in [5, 5.41) is 4.28. The number of nitrogens with zero attached hydrogens (tertiary/aromatic N) is 3. The van der Waals surface area contributed by atoms with Gasteiger partial charge in [-0.25, -0.2) is 9.50 Å². The Morgan fingerprint density at radius 3 is 2.85 bits per heavy atom. The van der Waals surface area contributed by atoms with Gasteiger partial charge in [-0.2, -0.15) is 5.10 Å². The number of rotatable bonds is 1. The summed E-state index contributed by atoms with van der Waals surface area (Å²) < 4.78 is 1.89. The molecule has 0 N–H and O–H groups in total. The maximum Gasteiger partial charge on any atom is 0.158 e. The van der Waals surface area contributed by atoms with Crippen molar-refractivity contribution in [3.63, 3.8) is 0 Å². The van der Waals surface area contributed by atoms with Gasteiger partial charge in [-0.15, -0.1) is 0 Å². The van der Waals surface area contributed by atoms with E-state index in [0.29, 0.717) is 0 Å². The first kappa shape index (κ1) is 8.23. The number of fused-ring (bicyclic) bond motifs is 1. The van der Waals surface area contributed by atoms with Gasteiger partial charge in [0.05, 0.1) is 6.20 Å². The second kappa shape index (κ2) is 2.83. The van der Waals surface area contributed by atoms with Gasteiger partial charge in [-0.1, -0.05) is 6.92 Å². The Hall–Kier alpha value is -1.38. The number of aromatic nitrogens is 3. The van der Waals surface area contributed by atoms with Gasteiger partial charge in [0.15, 0.2) is 5.65 Å². The van der Waals surface area contributed by atoms with Gasteiger partial charge in [-0.05, 0) is 26.3 Å². The van der Waals surface area contributed by atoms with Crippen LogP contribution < -0.4 is 0 Å². The minimum absolute atomic E-state index is 0.986. The highest BCUT2D eigenvalue weighted by atomic mass is 15.2. The van der Waals surface area contributed by atoms with Crippen molar-refractivity contribution in [3.8, 4) is 0 Å². The van der Waals surface area contributed by atoms with Gasteiger partial charge in [0.1, 0.15) is 0 Å². The monoisotopic (exact) mass is 175 g/mol. The van der Waals surface area contributed by atoms with Crippen LogP contribution in [0.3, 0.4) is 0 Å². The fourth-order valence-electron chi connectivity index (χ4n) is 1.57. The molecule has 0 unspecified atom stereocenters. The molecular formula is C10H13N3. The summed E-state index contributed by atoms with van der Waals surface area (Å²) in [6.45, 7) is 6.18. The van der Waals surface area contributed by atoms with Crippen molar-refractivity contribution in [2.45, 2.75) is 27.2 Å². The van der Waals surface area contributed by atoms with Gasteiger partial charge >= 0.3 is 0 Å². The van der Waals surface area contributed by atoms with Crippen LogP contribution in [0.5, 0.6) is 0 Å². The summed E-state index contributed by atoms with van der Waals surface area (Å²) in [4.78, 5) is 4.47. The fraction of sp³-hybridized carbons (Fsp3) is 0.400. The van der Waals surface area contributed by atoms with Crippen LogP contribution in [0.1, 0.15) is 23.9 Å². The van der Waals surface area contributed by atoms with E-state index >= 15 is 0 Å². The largest absolute Gasteiger partial charge is 0.234 e. The lowest BCUT2D eigenvalue weighted by Crippen LogP contribution is -1.97. The van der Waals surface area contributed by atoms with Crippen LogP contribution in [0.25, 0.3) is 5.65 Å². The fourth-order valence-corrected chi connectivity index (χ4v) is 1.57. The Labute approximate surface area is 77.4 Å². The van der Waals surface area contributed by atoms with Gasteiger partial charge < -0.3 is 0 Å². The average Bonchev–Trinajstić information content (AvgIpc) is 2.47. The van der Waals surface area contributed by atoms with Crippen molar-refractivity contribution in [2.24, 2.45) is 0 Å². The summed E-state index contributed by atoms with van der Waals surface area (Å²) in [7, 11) is 0. The van der Waals surface area contributed by atoms with Crippen LogP contribution in [0.15, 0.2) is 12.3 Å². The highest BCUT2D eigenvalue weighted by Crippen LogP contribution is 2.11. The molecule has 0 aliphatic heterocycles. The maximum absolute atomic E-state index is 4.47. The van der Waals surface area contributed by atoms with E-state index in [2.05, 4.69) is 17.0 Å². The lowest BCUT2D eigenvalue weighted by atomic mass is 10.2. The van der Waals surface area contributed by atoms with Crippen LogP contribution in [0.4, 0.5) is 0 Å². The molecule has 0 saturated heterocycles. The molecule has 0 aliphatic carbocycles. The minimum atomic E-state index is 0.986. The highest BCUT2D eigenvalue weighted by molar-refractivity contribution is 5.47. The predicted molar refractivity (Wildman–Crippen MR) is 51.8 cm³/mol. The third kappa shape index (κ3) is 1.20. The molecule has 2 aromatic rings. The third-order valence-electron chi connectivity index (χ3n) is 2.23. The normalized spacial score (nSPS) is 11.0. The van der Waals surface area contributed by atoms with Crippen molar-refractivity contribution in [1.29, 1.82) is 0 Å². The summed E-state index contributed by atoms with van der Waals surface area (Å²) in [5.74, 6) is 0. The molecule has 0 saturated carbocycles. The molecule has 2 aromatic heterocycles. The van der Waals surface area contributed by atoms with Crippen LogP contribution in [0, 0.1) is 13.8 Å². The van der Waals surface area contributed by atoms with E-state index in [1.807, 2.05) is 30.6 Å². The Kier molecular flexibility index (Phi) is 1.79. The maximum atomic E-state index is 4.47. The summed E-state index contributed by atoms with van der Waals surface area (Å²) >= 11 is 0. The Bertz CT molecular complexity index is 443. The van der Waals surface area contributed by atoms with E-state index in [4.69, 9.17) is 0 Å². The first-order valence-corrected chi connectivity index (χ1v) is 4.53. The second-order valence-electron chi connectivity index (χ2n) is 3.30. The topological polar surface area (TPSA) is 30.2 Å². The molecule has 13 heavy (non-hydrogen) atoms. The van der Waals surface area contributed by atoms with Crippen LogP contribution in [0.2, 0.25) is 0 Å². The van der Waals surface area contributed by atoms with E-state index in [1.54, 1.807) is 0 Å². The zero-order valence-corrected chi connectivity index (χ0v) is 8.20. The van der Waals surface area contributed by atoms with Crippen LogP contribution in [-0.2, 0) is 6.42 Å². The lowest BCUT2D eigenvalue weighted by Gasteiger charge is -2.00. The molecule has 3 heteroatoms. The van der Waals surface area contributed by atoms with E-state index in [0.717, 1.165) is 23.5 Å². The van der Waals surface area contributed by atoms with Gasteiger partial charge in [-0.3, -0.25) is 0 Å². The molecule has 2 rings (SSSR count). The van der Waals surface area contributed by atoms with Gasteiger partial charge in [0.25, 0.3) is 0 Å². The van der Waals surface area contributed by atoms with Gasteiger partial charge in [0, 0.05) is 17.0 Å². The SMILES string of the molecule is CCc1cnn2c(C)cc(C)nc12. The van der Waals surface area contributed by atoms with Gasteiger partial charge in [0.2, 0.25) is 0 Å². The number of hydrogen-bond donors (Lipinski definition) is 0. The number of hydrogen-bond acceptors (Lipinski definition) is 2. The minimum Gasteiger partial charge on any atom is -0.234 e. The van der Waals surface area contributed by atoms with Crippen molar-refractivity contribution >= 4 is 5.65 Å². The van der Waals surface area contributed by atoms with Crippen LogP contribution in [-0.4, -0.2) is 14.6 Å². The summed E-state index contributed by atoms with van der Waals surface area (Å²) in [6.07, 6.45) is 2.88. The molecule has 0 aromatic carbocycles. The van der Waals surface area contributed by atoms with Crippen molar-refractivity contribution < 1.29 is 0 Å². The number of aryl methyl sites for hydroxylation is 3. The highest BCUT2D eigenvalue weighted by Gasteiger charge is 2.05. The molecule has 0 amide bonds. The van der Waals surface area contributed by atoms with E-state index in [9.17, 15) is 0 Å². The molecule has 0 radical (unpaired) electrons. The zero-order chi connectivity index (χ0) is 9.42. The molecule has 68 valence electrons. The first-order valence-electron chi connectivity index (χ1n) is 4.53. The predicted octanol–water partition coefficient (Wildman–Crippen LogP) is 1.91. The van der Waals surface area contributed by atoms with Crippen molar-refractivity contribution in [3.05, 3.63) is 29.2 Å². The van der Waals surface area contributed by atoms with Crippen molar-refractivity contribution in [1.82, 2.24) is 14.6 Å². The zero-order valence-electron chi connectivity index (χ0n) is 8.20. The molecule has 0 spiro atoms. The average molecular weight is 175 g/mol. The molecule has 0 fully saturated rings. The lowest BCUT2D eigenvalue weighted by molar-refractivity contribution is 0.885. The molecule has 2 heterocycles. The summed E-state index contributed by atoms with van der Waals surface area (Å²) in [5.41, 5.74) is 4.41. The van der Waals surface area contributed by atoms with Crippen LogP contribution >= 0.6 is 0 Å². The molecule has 0 bridgehead atoms. The standard InChI is InChI=1S/C10H13N3/c1-4-9-6-11-13-8(3)5-7(2)12-10(9)13/h5-6H,4H2,1-3H3. The molecular weight excluding hydrogens is 162 g/mol.